The normalized spacial score (nSPS) is 12.0. The van der Waals surface area contributed by atoms with Gasteiger partial charge in [-0.3, -0.25) is 19.6 Å². The minimum absolute atomic E-state index is 0.219. The van der Waals surface area contributed by atoms with Gasteiger partial charge in [0.15, 0.2) is 0 Å². The highest BCUT2D eigenvalue weighted by atomic mass is 16.2. The summed E-state index contributed by atoms with van der Waals surface area (Å²) in [6, 6.07) is 17.9. The van der Waals surface area contributed by atoms with E-state index in [1.165, 1.54) is 15.9 Å². The van der Waals surface area contributed by atoms with Crippen molar-refractivity contribution in [1.82, 2.24) is 25.3 Å². The second-order valence-electron chi connectivity index (χ2n) is 9.65. The van der Waals surface area contributed by atoms with Gasteiger partial charge in [-0.25, -0.2) is 14.8 Å². The predicted octanol–water partition coefficient (Wildman–Crippen LogP) is 2.92. The largest absolute Gasteiger partial charge is 0.336 e. The Kier molecular flexibility index (Phi) is 8.97. The van der Waals surface area contributed by atoms with E-state index in [9.17, 15) is 14.4 Å². The number of amides is 3. The summed E-state index contributed by atoms with van der Waals surface area (Å²) in [4.78, 5) is 42.3. The SMILES string of the molecule is CC(C)(C)C(=O)NN(Cc1ccccc1)C(=O)NCCc1cn(C(=O)[C@@H](N)Cc2ccccc2)cn1. The lowest BCUT2D eigenvalue weighted by Crippen LogP contribution is -2.53. The zero-order chi connectivity index (χ0) is 26.1. The molecule has 0 aliphatic rings. The molecule has 0 saturated heterocycles. The standard InChI is InChI=1S/C27H34N6O3/c1-27(2,3)25(35)31-33(17-21-12-8-5-9-13-21)26(36)29-15-14-22-18-32(19-30-22)24(34)23(28)16-20-10-6-4-7-11-20/h4-13,18-19,23H,14-17,28H2,1-3H3,(H,29,36)(H,31,35)/t23-/m0/s1. The zero-order valence-corrected chi connectivity index (χ0v) is 21.0. The number of imidazole rings is 1. The van der Waals surface area contributed by atoms with Gasteiger partial charge in [-0.2, -0.15) is 0 Å². The summed E-state index contributed by atoms with van der Waals surface area (Å²) < 4.78 is 1.38. The first kappa shape index (κ1) is 26.6. The summed E-state index contributed by atoms with van der Waals surface area (Å²) in [6.45, 7) is 5.84. The van der Waals surface area contributed by atoms with E-state index in [1.54, 1.807) is 27.0 Å². The van der Waals surface area contributed by atoms with Crippen molar-refractivity contribution < 1.29 is 14.4 Å². The van der Waals surface area contributed by atoms with Gasteiger partial charge >= 0.3 is 6.03 Å². The van der Waals surface area contributed by atoms with Crippen molar-refractivity contribution in [2.75, 3.05) is 6.54 Å². The zero-order valence-electron chi connectivity index (χ0n) is 21.0. The van der Waals surface area contributed by atoms with Gasteiger partial charge in [-0.1, -0.05) is 81.4 Å². The molecule has 1 aromatic heterocycles. The number of rotatable bonds is 8. The van der Waals surface area contributed by atoms with Crippen LogP contribution in [0.15, 0.2) is 73.2 Å². The van der Waals surface area contributed by atoms with Crippen molar-refractivity contribution >= 4 is 17.8 Å². The van der Waals surface area contributed by atoms with E-state index in [4.69, 9.17) is 5.73 Å². The third-order valence-electron chi connectivity index (χ3n) is 5.51. The molecule has 190 valence electrons. The second kappa shape index (κ2) is 12.1. The Morgan fingerprint density at radius 2 is 1.61 bits per heavy atom. The lowest BCUT2D eigenvalue weighted by Gasteiger charge is -2.27. The van der Waals surface area contributed by atoms with E-state index in [2.05, 4.69) is 15.7 Å². The molecular formula is C27H34N6O3. The van der Waals surface area contributed by atoms with Crippen LogP contribution < -0.4 is 16.5 Å². The lowest BCUT2D eigenvalue weighted by atomic mass is 9.96. The molecule has 3 rings (SSSR count). The van der Waals surface area contributed by atoms with Crippen LogP contribution >= 0.6 is 0 Å². The van der Waals surface area contributed by atoms with Crippen LogP contribution in [0.1, 0.15) is 42.4 Å². The number of benzene rings is 2. The van der Waals surface area contributed by atoms with Crippen LogP contribution in [0.2, 0.25) is 0 Å². The number of nitrogens with one attached hydrogen (secondary N) is 2. The fourth-order valence-corrected chi connectivity index (χ4v) is 3.37. The Labute approximate surface area is 211 Å². The summed E-state index contributed by atoms with van der Waals surface area (Å²) >= 11 is 0. The number of carbonyl (C=O) groups excluding carboxylic acids is 3. The van der Waals surface area contributed by atoms with Gasteiger partial charge in [0.25, 0.3) is 0 Å². The maximum Gasteiger partial charge on any atom is 0.336 e. The van der Waals surface area contributed by atoms with E-state index >= 15 is 0 Å². The highest BCUT2D eigenvalue weighted by molar-refractivity contribution is 5.85. The summed E-state index contributed by atoms with van der Waals surface area (Å²) in [5, 5.41) is 4.09. The smallest absolute Gasteiger partial charge is 0.336 e. The molecule has 0 unspecified atom stereocenters. The first-order valence-corrected chi connectivity index (χ1v) is 11.9. The third-order valence-corrected chi connectivity index (χ3v) is 5.51. The topological polar surface area (TPSA) is 122 Å². The van der Waals surface area contributed by atoms with Gasteiger partial charge in [0, 0.05) is 24.6 Å². The van der Waals surface area contributed by atoms with Crippen molar-refractivity contribution in [2.24, 2.45) is 11.1 Å². The quantitative estimate of drug-likeness (QED) is 0.419. The summed E-state index contributed by atoms with van der Waals surface area (Å²) in [7, 11) is 0. The molecule has 0 fully saturated rings. The summed E-state index contributed by atoms with van der Waals surface area (Å²) in [5.41, 5.74) is 10.7. The highest BCUT2D eigenvalue weighted by Crippen LogP contribution is 2.14. The summed E-state index contributed by atoms with van der Waals surface area (Å²) in [5.74, 6) is -0.516. The molecule has 1 atom stereocenters. The molecule has 9 nitrogen and oxygen atoms in total. The van der Waals surface area contributed by atoms with Crippen molar-refractivity contribution in [2.45, 2.75) is 46.2 Å². The molecule has 3 amide bonds. The molecule has 0 aliphatic carbocycles. The first-order valence-electron chi connectivity index (χ1n) is 11.9. The Balaban J connectivity index is 1.55. The molecule has 0 saturated carbocycles. The molecule has 0 spiro atoms. The Morgan fingerprint density at radius 1 is 1.00 bits per heavy atom. The first-order chi connectivity index (χ1) is 17.1. The molecule has 2 aromatic carbocycles. The number of carbonyl (C=O) groups is 3. The molecule has 4 N–H and O–H groups in total. The average Bonchev–Trinajstić information content (AvgIpc) is 3.32. The van der Waals surface area contributed by atoms with Crippen molar-refractivity contribution in [3.05, 3.63) is 90.0 Å². The van der Waals surface area contributed by atoms with Crippen LogP contribution in [-0.4, -0.2) is 45.0 Å². The van der Waals surface area contributed by atoms with Crippen LogP contribution in [0, 0.1) is 5.41 Å². The Morgan fingerprint density at radius 3 is 2.22 bits per heavy atom. The fourth-order valence-electron chi connectivity index (χ4n) is 3.37. The molecule has 3 aromatic rings. The van der Waals surface area contributed by atoms with E-state index in [-0.39, 0.29) is 24.9 Å². The van der Waals surface area contributed by atoms with E-state index in [0.717, 1.165) is 11.1 Å². The number of hydrazine groups is 1. The third kappa shape index (κ3) is 7.78. The van der Waals surface area contributed by atoms with Crippen molar-refractivity contribution in [3.8, 4) is 0 Å². The minimum Gasteiger partial charge on any atom is -0.336 e. The maximum atomic E-state index is 12.9. The molecule has 36 heavy (non-hydrogen) atoms. The van der Waals surface area contributed by atoms with Crippen LogP contribution in [0.4, 0.5) is 4.79 Å². The molecule has 9 heteroatoms. The van der Waals surface area contributed by atoms with Gasteiger partial charge in [-0.15, -0.1) is 0 Å². The van der Waals surface area contributed by atoms with Crippen molar-refractivity contribution in [1.29, 1.82) is 0 Å². The molecule has 0 radical (unpaired) electrons. The number of nitrogens with two attached hydrogens (primary N) is 1. The molecule has 0 aliphatic heterocycles. The van der Waals surface area contributed by atoms with Crippen LogP contribution in [0.25, 0.3) is 0 Å². The van der Waals surface area contributed by atoms with E-state index in [1.807, 2.05) is 60.7 Å². The van der Waals surface area contributed by atoms with Gasteiger partial charge in [-0.05, 0) is 17.5 Å². The monoisotopic (exact) mass is 490 g/mol. The second-order valence-corrected chi connectivity index (χ2v) is 9.65. The number of hydrogen-bond acceptors (Lipinski definition) is 5. The number of aromatic nitrogens is 2. The van der Waals surface area contributed by atoms with Crippen LogP contribution in [-0.2, 0) is 24.2 Å². The summed E-state index contributed by atoms with van der Waals surface area (Å²) in [6.07, 6.45) is 3.91. The highest BCUT2D eigenvalue weighted by Gasteiger charge is 2.25. The van der Waals surface area contributed by atoms with Crippen LogP contribution in [0.3, 0.4) is 0 Å². The molecule has 1 heterocycles. The Hall–Kier alpha value is -3.98. The van der Waals surface area contributed by atoms with E-state index < -0.39 is 17.5 Å². The Bertz CT molecular complexity index is 1160. The number of hydrogen-bond donors (Lipinski definition) is 3. The number of nitrogens with zero attached hydrogens (tertiary/aromatic N) is 3. The van der Waals surface area contributed by atoms with E-state index in [0.29, 0.717) is 18.5 Å². The maximum absolute atomic E-state index is 12.9. The number of urea groups is 1. The van der Waals surface area contributed by atoms with Gasteiger partial charge < -0.3 is 11.1 Å². The van der Waals surface area contributed by atoms with Crippen LogP contribution in [0.5, 0.6) is 0 Å². The fraction of sp³-hybridized carbons (Fsp3) is 0.333. The lowest BCUT2D eigenvalue weighted by molar-refractivity contribution is -0.132. The minimum atomic E-state index is -0.688. The predicted molar refractivity (Wildman–Crippen MR) is 138 cm³/mol. The van der Waals surface area contributed by atoms with Gasteiger partial charge in [0.1, 0.15) is 6.33 Å². The molecular weight excluding hydrogens is 456 g/mol. The molecule has 0 bridgehead atoms. The van der Waals surface area contributed by atoms with Crippen molar-refractivity contribution in [3.63, 3.8) is 0 Å². The average molecular weight is 491 g/mol. The van der Waals surface area contributed by atoms with Gasteiger partial charge in [0.05, 0.1) is 18.3 Å². The van der Waals surface area contributed by atoms with Gasteiger partial charge in [0.2, 0.25) is 11.8 Å².